The molecule has 0 aliphatic carbocycles. The maximum atomic E-state index is 12.1. The molecule has 0 aromatic heterocycles. The molecule has 110 valence electrons. The van der Waals surface area contributed by atoms with E-state index in [1.54, 1.807) is 4.90 Å². The van der Waals surface area contributed by atoms with Crippen molar-refractivity contribution in [2.45, 2.75) is 40.5 Å². The van der Waals surface area contributed by atoms with Crippen LogP contribution >= 0.6 is 0 Å². The third-order valence-corrected chi connectivity index (χ3v) is 3.31. The van der Waals surface area contributed by atoms with Gasteiger partial charge in [-0.2, -0.15) is 0 Å². The predicted octanol–water partition coefficient (Wildman–Crippen LogP) is 2.89. The maximum Gasteiger partial charge on any atom is 0.244 e. The Bertz CT molecular complexity index is 463. The average molecular weight is 276 g/mol. The summed E-state index contributed by atoms with van der Waals surface area (Å²) in [6.07, 6.45) is 1.92. The van der Waals surface area contributed by atoms with Gasteiger partial charge in [0.1, 0.15) is 0 Å². The zero-order valence-corrected chi connectivity index (χ0v) is 12.8. The molecule has 0 unspecified atom stereocenters. The molecule has 4 nitrogen and oxygen atoms in total. The molecule has 0 heterocycles. The minimum absolute atomic E-state index is 0.0601. The number of rotatable bonds is 6. The van der Waals surface area contributed by atoms with Crippen LogP contribution in [-0.4, -0.2) is 29.8 Å². The third kappa shape index (κ3) is 4.68. The van der Waals surface area contributed by atoms with Gasteiger partial charge in [0.2, 0.25) is 11.8 Å². The highest BCUT2D eigenvalue weighted by atomic mass is 16.2. The summed E-state index contributed by atoms with van der Waals surface area (Å²) < 4.78 is 0. The second-order valence-corrected chi connectivity index (χ2v) is 5.11. The van der Waals surface area contributed by atoms with Crippen LogP contribution in [0.25, 0.3) is 0 Å². The summed E-state index contributed by atoms with van der Waals surface area (Å²) in [7, 11) is 0. The van der Waals surface area contributed by atoms with Gasteiger partial charge in [0, 0.05) is 19.2 Å². The highest BCUT2D eigenvalue weighted by Crippen LogP contribution is 2.19. The van der Waals surface area contributed by atoms with Crippen molar-refractivity contribution in [2.24, 2.45) is 0 Å². The Balaban J connectivity index is 2.68. The molecule has 2 amide bonds. The van der Waals surface area contributed by atoms with Crippen LogP contribution in [-0.2, 0) is 9.59 Å². The normalized spacial score (nSPS) is 10.2. The van der Waals surface area contributed by atoms with Crippen molar-refractivity contribution < 1.29 is 9.59 Å². The number of carbonyl (C=O) groups excluding carboxylic acids is 2. The summed E-state index contributed by atoms with van der Waals surface area (Å²) in [6.45, 7) is 8.23. The van der Waals surface area contributed by atoms with Crippen LogP contribution in [0.2, 0.25) is 0 Å². The SMILES string of the molecule is CCCCN(CC(=O)Nc1c(C)cccc1C)C(C)=O. The number of nitrogens with zero attached hydrogens (tertiary/aromatic N) is 1. The van der Waals surface area contributed by atoms with Crippen LogP contribution in [0.3, 0.4) is 0 Å². The van der Waals surface area contributed by atoms with E-state index in [4.69, 9.17) is 0 Å². The van der Waals surface area contributed by atoms with Crippen LogP contribution in [0.5, 0.6) is 0 Å². The summed E-state index contributed by atoms with van der Waals surface area (Å²) in [4.78, 5) is 25.2. The number of amides is 2. The van der Waals surface area contributed by atoms with Gasteiger partial charge in [-0.1, -0.05) is 31.5 Å². The maximum absolute atomic E-state index is 12.1. The number of benzene rings is 1. The fraction of sp³-hybridized carbons (Fsp3) is 0.500. The van der Waals surface area contributed by atoms with Gasteiger partial charge < -0.3 is 10.2 Å². The molecule has 0 aliphatic heterocycles. The number of aryl methyl sites for hydroxylation is 2. The second-order valence-electron chi connectivity index (χ2n) is 5.11. The van der Waals surface area contributed by atoms with Gasteiger partial charge >= 0.3 is 0 Å². The molecule has 0 radical (unpaired) electrons. The molecule has 0 bridgehead atoms. The Morgan fingerprint density at radius 1 is 1.20 bits per heavy atom. The van der Waals surface area contributed by atoms with Crippen molar-refractivity contribution in [3.63, 3.8) is 0 Å². The van der Waals surface area contributed by atoms with E-state index in [-0.39, 0.29) is 18.4 Å². The number of hydrogen-bond acceptors (Lipinski definition) is 2. The molecule has 1 aromatic carbocycles. The number of para-hydroxylation sites is 1. The van der Waals surface area contributed by atoms with E-state index in [0.29, 0.717) is 6.54 Å². The lowest BCUT2D eigenvalue weighted by Crippen LogP contribution is -2.37. The Kier molecular flexibility index (Phi) is 6.22. The van der Waals surface area contributed by atoms with Crippen molar-refractivity contribution >= 4 is 17.5 Å². The molecule has 1 N–H and O–H groups in total. The summed E-state index contributed by atoms with van der Waals surface area (Å²) in [5.74, 6) is -0.205. The first kappa shape index (κ1) is 16.2. The molecule has 1 rings (SSSR count). The molecular weight excluding hydrogens is 252 g/mol. The van der Waals surface area contributed by atoms with Gasteiger partial charge in [0.05, 0.1) is 6.54 Å². The van der Waals surface area contributed by atoms with Gasteiger partial charge in [-0.05, 0) is 31.4 Å². The molecular formula is C16H24N2O2. The van der Waals surface area contributed by atoms with Crippen LogP contribution in [0.4, 0.5) is 5.69 Å². The first-order chi connectivity index (χ1) is 9.45. The van der Waals surface area contributed by atoms with Crippen LogP contribution < -0.4 is 5.32 Å². The molecule has 0 atom stereocenters. The van der Waals surface area contributed by atoms with Crippen LogP contribution in [0.1, 0.15) is 37.8 Å². The Hall–Kier alpha value is -1.84. The summed E-state index contributed by atoms with van der Waals surface area (Å²) >= 11 is 0. The molecule has 0 saturated carbocycles. The van der Waals surface area contributed by atoms with Crippen molar-refractivity contribution in [3.05, 3.63) is 29.3 Å². The van der Waals surface area contributed by atoms with Crippen molar-refractivity contribution in [1.82, 2.24) is 4.90 Å². The predicted molar refractivity (Wildman–Crippen MR) is 81.7 cm³/mol. The van der Waals surface area contributed by atoms with Crippen molar-refractivity contribution in [3.8, 4) is 0 Å². The van der Waals surface area contributed by atoms with E-state index in [0.717, 1.165) is 29.7 Å². The van der Waals surface area contributed by atoms with Gasteiger partial charge in [0.25, 0.3) is 0 Å². The Morgan fingerprint density at radius 3 is 2.30 bits per heavy atom. The van der Waals surface area contributed by atoms with Gasteiger partial charge in [0.15, 0.2) is 0 Å². The van der Waals surface area contributed by atoms with E-state index in [2.05, 4.69) is 12.2 Å². The summed E-state index contributed by atoms with van der Waals surface area (Å²) in [6, 6.07) is 5.88. The summed E-state index contributed by atoms with van der Waals surface area (Å²) in [5.41, 5.74) is 2.90. The fourth-order valence-electron chi connectivity index (χ4n) is 2.06. The second kappa shape index (κ2) is 7.68. The Labute approximate surface area is 121 Å². The number of carbonyl (C=O) groups is 2. The topological polar surface area (TPSA) is 49.4 Å². The van der Waals surface area contributed by atoms with Gasteiger partial charge in [-0.25, -0.2) is 0 Å². The van der Waals surface area contributed by atoms with Crippen molar-refractivity contribution in [1.29, 1.82) is 0 Å². The van der Waals surface area contributed by atoms with E-state index in [1.807, 2.05) is 32.0 Å². The quantitative estimate of drug-likeness (QED) is 0.868. The lowest BCUT2D eigenvalue weighted by Gasteiger charge is -2.21. The molecule has 0 fully saturated rings. The zero-order valence-electron chi connectivity index (χ0n) is 12.8. The molecule has 0 spiro atoms. The molecule has 20 heavy (non-hydrogen) atoms. The first-order valence-corrected chi connectivity index (χ1v) is 7.07. The van der Waals surface area contributed by atoms with E-state index in [1.165, 1.54) is 6.92 Å². The highest BCUT2D eigenvalue weighted by Gasteiger charge is 2.14. The van der Waals surface area contributed by atoms with Crippen molar-refractivity contribution in [2.75, 3.05) is 18.4 Å². The zero-order chi connectivity index (χ0) is 15.1. The van der Waals surface area contributed by atoms with E-state index < -0.39 is 0 Å². The van der Waals surface area contributed by atoms with E-state index in [9.17, 15) is 9.59 Å². The summed E-state index contributed by atoms with van der Waals surface area (Å²) in [5, 5.41) is 2.91. The number of hydrogen-bond donors (Lipinski definition) is 1. The number of unbranched alkanes of at least 4 members (excludes halogenated alkanes) is 1. The fourth-order valence-corrected chi connectivity index (χ4v) is 2.06. The lowest BCUT2D eigenvalue weighted by molar-refractivity contribution is -0.132. The van der Waals surface area contributed by atoms with Crippen LogP contribution in [0.15, 0.2) is 18.2 Å². The van der Waals surface area contributed by atoms with Crippen LogP contribution in [0, 0.1) is 13.8 Å². The highest BCUT2D eigenvalue weighted by molar-refractivity contribution is 5.95. The number of anilines is 1. The van der Waals surface area contributed by atoms with E-state index >= 15 is 0 Å². The molecule has 4 heteroatoms. The van der Waals surface area contributed by atoms with Gasteiger partial charge in [-0.15, -0.1) is 0 Å². The number of nitrogens with one attached hydrogen (secondary N) is 1. The first-order valence-electron chi connectivity index (χ1n) is 7.07. The molecule has 0 saturated heterocycles. The smallest absolute Gasteiger partial charge is 0.244 e. The lowest BCUT2D eigenvalue weighted by atomic mass is 10.1. The standard InChI is InChI=1S/C16H24N2O2/c1-5-6-10-18(14(4)19)11-15(20)17-16-12(2)8-7-9-13(16)3/h7-9H,5-6,10-11H2,1-4H3,(H,17,20). The average Bonchev–Trinajstić information content (AvgIpc) is 2.38. The minimum Gasteiger partial charge on any atom is -0.334 e. The van der Waals surface area contributed by atoms with Gasteiger partial charge in [-0.3, -0.25) is 9.59 Å². The minimum atomic E-state index is -0.145. The molecule has 1 aromatic rings. The Morgan fingerprint density at radius 2 is 1.80 bits per heavy atom. The monoisotopic (exact) mass is 276 g/mol. The largest absolute Gasteiger partial charge is 0.334 e. The molecule has 0 aliphatic rings. The third-order valence-electron chi connectivity index (χ3n) is 3.31.